The van der Waals surface area contributed by atoms with Gasteiger partial charge in [0.05, 0.1) is 11.5 Å². The van der Waals surface area contributed by atoms with Crippen LogP contribution in [0.3, 0.4) is 0 Å². The second-order valence-electron chi connectivity index (χ2n) is 6.16. The van der Waals surface area contributed by atoms with Crippen LogP contribution in [0.4, 0.5) is 4.79 Å². The van der Waals surface area contributed by atoms with Gasteiger partial charge in [-0.25, -0.2) is 0 Å². The van der Waals surface area contributed by atoms with Crippen LogP contribution < -0.4 is 9.47 Å². The van der Waals surface area contributed by atoms with Crippen molar-refractivity contribution in [2.75, 3.05) is 26.4 Å². The fourth-order valence-corrected chi connectivity index (χ4v) is 3.49. The van der Waals surface area contributed by atoms with Gasteiger partial charge in [-0.15, -0.1) is 0 Å². The van der Waals surface area contributed by atoms with Gasteiger partial charge in [-0.2, -0.15) is 0 Å². The van der Waals surface area contributed by atoms with E-state index in [-0.39, 0.29) is 18.1 Å². The zero-order chi connectivity index (χ0) is 21.3. The lowest BCUT2D eigenvalue weighted by atomic mass is 10.2. The average Bonchev–Trinajstić information content (AvgIpc) is 3.00. The number of carbonyl (C=O) groups excluding carboxylic acids is 3. The molecular weight excluding hydrogens is 406 g/mol. The van der Waals surface area contributed by atoms with Gasteiger partial charge in [0.25, 0.3) is 11.1 Å². The van der Waals surface area contributed by atoms with Crippen molar-refractivity contribution in [3.05, 3.63) is 65.1 Å². The van der Waals surface area contributed by atoms with Crippen LogP contribution in [0.15, 0.2) is 59.5 Å². The number of benzene rings is 2. The molecule has 0 aliphatic carbocycles. The summed E-state index contributed by atoms with van der Waals surface area (Å²) >= 11 is 0.792. The molecule has 0 bridgehead atoms. The van der Waals surface area contributed by atoms with E-state index in [0.29, 0.717) is 24.5 Å². The van der Waals surface area contributed by atoms with Crippen molar-refractivity contribution in [3.8, 4) is 11.5 Å². The molecule has 156 valence electrons. The van der Waals surface area contributed by atoms with Crippen LogP contribution in [-0.2, 0) is 14.3 Å². The number of rotatable bonds is 9. The van der Waals surface area contributed by atoms with Crippen molar-refractivity contribution in [1.29, 1.82) is 0 Å². The summed E-state index contributed by atoms with van der Waals surface area (Å²) < 4.78 is 16.1. The van der Waals surface area contributed by atoms with Gasteiger partial charge >= 0.3 is 5.97 Å². The minimum Gasteiger partial charge on any atom is -0.490 e. The molecule has 2 aromatic rings. The van der Waals surface area contributed by atoms with Gasteiger partial charge < -0.3 is 14.2 Å². The lowest BCUT2D eigenvalue weighted by molar-refractivity contribution is -0.145. The van der Waals surface area contributed by atoms with E-state index in [2.05, 4.69) is 0 Å². The van der Waals surface area contributed by atoms with E-state index < -0.39 is 17.1 Å². The van der Waals surface area contributed by atoms with Crippen LogP contribution in [0.25, 0.3) is 6.08 Å². The highest BCUT2D eigenvalue weighted by atomic mass is 32.2. The largest absolute Gasteiger partial charge is 0.490 e. The summed E-state index contributed by atoms with van der Waals surface area (Å²) in [5, 5.41) is -0.496. The molecule has 1 aliphatic rings. The first kappa shape index (κ1) is 21.4. The highest BCUT2D eigenvalue weighted by Crippen LogP contribution is 2.32. The predicted octanol–water partition coefficient (Wildman–Crippen LogP) is 3.74. The topological polar surface area (TPSA) is 82.1 Å². The molecule has 0 saturated carbocycles. The number of nitrogens with zero attached hydrogens (tertiary/aromatic N) is 1. The van der Waals surface area contributed by atoms with Crippen LogP contribution in [0, 0.1) is 0 Å². The molecule has 3 rings (SSSR count). The van der Waals surface area contributed by atoms with Gasteiger partial charge in [-0.05, 0) is 54.6 Å². The van der Waals surface area contributed by atoms with E-state index >= 15 is 0 Å². The normalized spacial score (nSPS) is 14.8. The number of ether oxygens (including phenoxy) is 3. The van der Waals surface area contributed by atoms with E-state index in [4.69, 9.17) is 14.2 Å². The highest BCUT2D eigenvalue weighted by Gasteiger charge is 2.36. The quantitative estimate of drug-likeness (QED) is 0.342. The molecule has 0 spiro atoms. The minimum absolute atomic E-state index is 0.189. The van der Waals surface area contributed by atoms with Crippen LogP contribution in [-0.4, -0.2) is 48.4 Å². The second-order valence-corrected chi connectivity index (χ2v) is 7.15. The number of amides is 2. The van der Waals surface area contributed by atoms with Crippen LogP contribution in [0.1, 0.15) is 12.5 Å². The summed E-state index contributed by atoms with van der Waals surface area (Å²) in [5.74, 6) is 0.259. The summed E-state index contributed by atoms with van der Waals surface area (Å²) in [4.78, 5) is 37.2. The Labute approximate surface area is 178 Å². The van der Waals surface area contributed by atoms with E-state index in [0.717, 1.165) is 22.4 Å². The lowest BCUT2D eigenvalue weighted by Crippen LogP contribution is -2.34. The molecule has 8 heteroatoms. The molecule has 1 heterocycles. The Morgan fingerprint density at radius 3 is 2.43 bits per heavy atom. The smallest absolute Gasteiger partial charge is 0.326 e. The van der Waals surface area contributed by atoms with Crippen molar-refractivity contribution < 1.29 is 28.6 Å². The molecule has 7 nitrogen and oxygen atoms in total. The van der Waals surface area contributed by atoms with E-state index in [1.54, 1.807) is 37.3 Å². The molecule has 0 N–H and O–H groups in total. The maximum Gasteiger partial charge on any atom is 0.326 e. The van der Waals surface area contributed by atoms with Gasteiger partial charge in [-0.1, -0.05) is 30.3 Å². The third-order valence-corrected chi connectivity index (χ3v) is 4.89. The van der Waals surface area contributed by atoms with Crippen molar-refractivity contribution >= 4 is 35.0 Å². The van der Waals surface area contributed by atoms with Crippen molar-refractivity contribution in [3.63, 3.8) is 0 Å². The molecular formula is C22H21NO6S. The molecule has 30 heavy (non-hydrogen) atoms. The Bertz CT molecular complexity index is 944. The maximum atomic E-state index is 12.5. The van der Waals surface area contributed by atoms with Crippen LogP contribution in [0.2, 0.25) is 0 Å². The summed E-state index contributed by atoms with van der Waals surface area (Å²) in [5.41, 5.74) is 0.707. The Hall–Kier alpha value is -3.26. The average molecular weight is 427 g/mol. The second kappa shape index (κ2) is 10.5. The SMILES string of the molecule is CCOC(=O)CN1C(=O)S/C(=C\c2cccc(OCCOc3ccccc3)c2)C1=O. The van der Waals surface area contributed by atoms with Gasteiger partial charge in [0.1, 0.15) is 31.3 Å². The van der Waals surface area contributed by atoms with Gasteiger partial charge in [0.2, 0.25) is 0 Å². The number of carbonyl (C=O) groups is 3. The summed E-state index contributed by atoms with van der Waals surface area (Å²) in [6, 6.07) is 16.6. The third-order valence-electron chi connectivity index (χ3n) is 3.99. The zero-order valence-electron chi connectivity index (χ0n) is 16.4. The number of hydrogen-bond acceptors (Lipinski definition) is 7. The van der Waals surface area contributed by atoms with Gasteiger partial charge in [0.15, 0.2) is 0 Å². The molecule has 1 saturated heterocycles. The van der Waals surface area contributed by atoms with E-state index in [1.165, 1.54) is 0 Å². The number of imide groups is 1. The minimum atomic E-state index is -0.617. The Morgan fingerprint density at radius 2 is 1.70 bits per heavy atom. The molecule has 0 atom stereocenters. The first-order valence-electron chi connectivity index (χ1n) is 9.38. The molecule has 0 radical (unpaired) electrons. The van der Waals surface area contributed by atoms with E-state index in [1.807, 2.05) is 30.3 Å². The lowest BCUT2D eigenvalue weighted by Gasteiger charge is -2.10. The molecule has 1 fully saturated rings. The first-order valence-corrected chi connectivity index (χ1v) is 10.2. The fraction of sp³-hybridized carbons (Fsp3) is 0.227. The highest BCUT2D eigenvalue weighted by molar-refractivity contribution is 8.18. The van der Waals surface area contributed by atoms with Crippen molar-refractivity contribution in [1.82, 2.24) is 4.90 Å². The Balaban J connectivity index is 1.57. The molecule has 0 unspecified atom stereocenters. The number of para-hydroxylation sites is 1. The standard InChI is InChI=1S/C22H21NO6S/c1-2-27-20(24)15-23-21(25)19(30-22(23)26)14-16-7-6-10-18(13-16)29-12-11-28-17-8-4-3-5-9-17/h3-10,13-14H,2,11-12,15H2,1H3/b19-14-. The number of hydrogen-bond donors (Lipinski definition) is 0. The zero-order valence-corrected chi connectivity index (χ0v) is 17.2. The summed E-state index contributed by atoms with van der Waals surface area (Å²) in [6.45, 7) is 2.21. The van der Waals surface area contributed by atoms with Crippen molar-refractivity contribution in [2.45, 2.75) is 6.92 Å². The van der Waals surface area contributed by atoms with Gasteiger partial charge in [-0.3, -0.25) is 19.3 Å². The fourth-order valence-electron chi connectivity index (χ4n) is 2.65. The Morgan fingerprint density at radius 1 is 1.00 bits per heavy atom. The Kier molecular flexibility index (Phi) is 7.51. The molecule has 0 aromatic heterocycles. The third kappa shape index (κ3) is 5.87. The monoisotopic (exact) mass is 427 g/mol. The number of thioether (sulfide) groups is 1. The first-order chi connectivity index (χ1) is 14.6. The van der Waals surface area contributed by atoms with Crippen LogP contribution >= 0.6 is 11.8 Å². The van der Waals surface area contributed by atoms with Crippen molar-refractivity contribution in [2.24, 2.45) is 0 Å². The molecule has 2 amide bonds. The maximum absolute atomic E-state index is 12.5. The van der Waals surface area contributed by atoms with Gasteiger partial charge in [0, 0.05) is 0 Å². The summed E-state index contributed by atoms with van der Waals surface area (Å²) in [7, 11) is 0. The van der Waals surface area contributed by atoms with E-state index in [9.17, 15) is 14.4 Å². The summed E-state index contributed by atoms with van der Waals surface area (Å²) in [6.07, 6.45) is 1.60. The number of esters is 1. The molecule has 1 aliphatic heterocycles. The predicted molar refractivity (Wildman–Crippen MR) is 113 cm³/mol. The van der Waals surface area contributed by atoms with Crippen LogP contribution in [0.5, 0.6) is 11.5 Å². The molecule has 2 aromatic carbocycles.